The number of halogens is 1. The number of benzene rings is 2. The SMILES string of the molecule is Cc1ccc(S(C)(=O)=O)cc1C(=O)OCC(=O)NCc1cccc(Cl)c1. The van der Waals surface area contributed by atoms with E-state index in [1.54, 1.807) is 31.2 Å². The highest BCUT2D eigenvalue weighted by molar-refractivity contribution is 7.90. The van der Waals surface area contributed by atoms with Gasteiger partial charge >= 0.3 is 5.97 Å². The van der Waals surface area contributed by atoms with Gasteiger partial charge in [-0.05, 0) is 42.3 Å². The summed E-state index contributed by atoms with van der Waals surface area (Å²) in [6, 6.07) is 11.2. The van der Waals surface area contributed by atoms with Gasteiger partial charge in [0.15, 0.2) is 16.4 Å². The highest BCUT2D eigenvalue weighted by atomic mass is 35.5. The van der Waals surface area contributed by atoms with Crippen LogP contribution < -0.4 is 5.32 Å². The number of hydrogen-bond acceptors (Lipinski definition) is 5. The molecule has 26 heavy (non-hydrogen) atoms. The lowest BCUT2D eigenvalue weighted by Crippen LogP contribution is -2.28. The van der Waals surface area contributed by atoms with E-state index in [0.29, 0.717) is 10.6 Å². The van der Waals surface area contributed by atoms with E-state index in [-0.39, 0.29) is 17.0 Å². The fourth-order valence-corrected chi connectivity index (χ4v) is 3.02. The van der Waals surface area contributed by atoms with Gasteiger partial charge in [0.05, 0.1) is 10.5 Å². The number of carbonyl (C=O) groups excluding carboxylic acids is 2. The third kappa shape index (κ3) is 5.57. The predicted molar refractivity (Wildman–Crippen MR) is 97.9 cm³/mol. The van der Waals surface area contributed by atoms with Crippen molar-refractivity contribution in [3.63, 3.8) is 0 Å². The van der Waals surface area contributed by atoms with Crippen molar-refractivity contribution < 1.29 is 22.7 Å². The van der Waals surface area contributed by atoms with E-state index >= 15 is 0 Å². The summed E-state index contributed by atoms with van der Waals surface area (Å²) < 4.78 is 28.2. The molecule has 0 fully saturated rings. The van der Waals surface area contributed by atoms with Crippen molar-refractivity contribution in [1.82, 2.24) is 5.32 Å². The molecule has 1 N–H and O–H groups in total. The molecule has 0 saturated heterocycles. The summed E-state index contributed by atoms with van der Waals surface area (Å²) in [6.07, 6.45) is 1.05. The number of ether oxygens (including phenoxy) is 1. The Morgan fingerprint density at radius 1 is 1.15 bits per heavy atom. The maximum atomic E-state index is 12.2. The van der Waals surface area contributed by atoms with Crippen molar-refractivity contribution in [3.05, 3.63) is 64.2 Å². The predicted octanol–water partition coefficient (Wildman–Crippen LogP) is 2.53. The first-order valence-corrected chi connectivity index (χ1v) is 9.93. The first kappa shape index (κ1) is 19.9. The lowest BCUT2D eigenvalue weighted by Gasteiger charge is -2.09. The van der Waals surface area contributed by atoms with Crippen LogP contribution in [0.5, 0.6) is 0 Å². The molecule has 0 radical (unpaired) electrons. The Balaban J connectivity index is 1.95. The van der Waals surface area contributed by atoms with Gasteiger partial charge in [0.25, 0.3) is 5.91 Å². The van der Waals surface area contributed by atoms with Crippen LogP contribution in [0.1, 0.15) is 21.5 Å². The minimum Gasteiger partial charge on any atom is -0.452 e. The first-order valence-electron chi connectivity index (χ1n) is 7.66. The molecular weight excluding hydrogens is 378 g/mol. The van der Waals surface area contributed by atoms with Crippen LogP contribution in [-0.2, 0) is 25.9 Å². The number of aryl methyl sites for hydroxylation is 1. The first-order chi connectivity index (χ1) is 12.2. The van der Waals surface area contributed by atoms with Gasteiger partial charge in [-0.1, -0.05) is 29.8 Å². The summed E-state index contributed by atoms with van der Waals surface area (Å²) in [5, 5.41) is 3.17. The number of amides is 1. The maximum absolute atomic E-state index is 12.2. The summed E-state index contributed by atoms with van der Waals surface area (Å²) in [4.78, 5) is 24.0. The number of esters is 1. The van der Waals surface area contributed by atoms with Gasteiger partial charge < -0.3 is 10.1 Å². The van der Waals surface area contributed by atoms with Crippen molar-refractivity contribution in [2.24, 2.45) is 0 Å². The van der Waals surface area contributed by atoms with Crippen LogP contribution in [0.15, 0.2) is 47.4 Å². The Hall–Kier alpha value is -2.38. The molecule has 138 valence electrons. The fourth-order valence-electron chi connectivity index (χ4n) is 2.16. The molecule has 0 aromatic heterocycles. The smallest absolute Gasteiger partial charge is 0.338 e. The maximum Gasteiger partial charge on any atom is 0.338 e. The lowest BCUT2D eigenvalue weighted by molar-refractivity contribution is -0.124. The van der Waals surface area contributed by atoms with E-state index in [1.807, 2.05) is 0 Å². The molecule has 2 rings (SSSR count). The standard InChI is InChI=1S/C18H18ClNO5S/c1-12-6-7-15(26(2,23)24)9-16(12)18(22)25-11-17(21)20-10-13-4-3-5-14(19)8-13/h3-9H,10-11H2,1-2H3,(H,20,21). The Morgan fingerprint density at radius 2 is 1.88 bits per heavy atom. The van der Waals surface area contributed by atoms with Gasteiger partial charge in [0, 0.05) is 17.8 Å². The zero-order chi connectivity index (χ0) is 19.3. The van der Waals surface area contributed by atoms with E-state index in [9.17, 15) is 18.0 Å². The molecule has 0 heterocycles. The van der Waals surface area contributed by atoms with E-state index < -0.39 is 28.3 Å². The molecule has 8 heteroatoms. The van der Waals surface area contributed by atoms with Crippen molar-refractivity contribution in [1.29, 1.82) is 0 Å². The number of rotatable bonds is 6. The van der Waals surface area contributed by atoms with Crippen LogP contribution in [0.4, 0.5) is 0 Å². The topological polar surface area (TPSA) is 89.5 Å². The van der Waals surface area contributed by atoms with Crippen molar-refractivity contribution >= 4 is 33.3 Å². The second kappa shape index (κ2) is 8.33. The number of carbonyl (C=O) groups is 2. The normalized spacial score (nSPS) is 11.0. The summed E-state index contributed by atoms with van der Waals surface area (Å²) >= 11 is 5.87. The van der Waals surface area contributed by atoms with E-state index in [0.717, 1.165) is 11.8 Å². The molecule has 0 aliphatic heterocycles. The second-order valence-electron chi connectivity index (χ2n) is 5.73. The van der Waals surface area contributed by atoms with Crippen LogP contribution in [0.2, 0.25) is 5.02 Å². The van der Waals surface area contributed by atoms with Gasteiger partial charge in [-0.25, -0.2) is 13.2 Å². The average molecular weight is 396 g/mol. The Labute approximate surface area is 157 Å². The summed E-state index contributed by atoms with van der Waals surface area (Å²) in [5.41, 5.74) is 1.48. The van der Waals surface area contributed by atoms with Gasteiger partial charge in [0.1, 0.15) is 0 Å². The minimum absolute atomic E-state index is 0.0143. The quantitative estimate of drug-likeness (QED) is 0.759. The molecular formula is C18H18ClNO5S. The minimum atomic E-state index is -3.45. The van der Waals surface area contributed by atoms with Crippen molar-refractivity contribution in [2.45, 2.75) is 18.4 Å². The fraction of sp³-hybridized carbons (Fsp3) is 0.222. The Kier molecular flexibility index (Phi) is 6.39. The van der Waals surface area contributed by atoms with Crippen LogP contribution in [0.25, 0.3) is 0 Å². The van der Waals surface area contributed by atoms with Gasteiger partial charge in [-0.3, -0.25) is 4.79 Å². The molecule has 0 atom stereocenters. The van der Waals surface area contributed by atoms with Crippen molar-refractivity contribution in [2.75, 3.05) is 12.9 Å². The van der Waals surface area contributed by atoms with Crippen LogP contribution in [0, 0.1) is 6.92 Å². The number of nitrogens with one attached hydrogen (secondary N) is 1. The van der Waals surface area contributed by atoms with Crippen LogP contribution in [-0.4, -0.2) is 33.2 Å². The zero-order valence-corrected chi connectivity index (χ0v) is 15.9. The molecule has 0 aliphatic rings. The van der Waals surface area contributed by atoms with Gasteiger partial charge in [-0.2, -0.15) is 0 Å². The molecule has 2 aromatic rings. The lowest BCUT2D eigenvalue weighted by atomic mass is 10.1. The second-order valence-corrected chi connectivity index (χ2v) is 8.18. The monoisotopic (exact) mass is 395 g/mol. The largest absolute Gasteiger partial charge is 0.452 e. The highest BCUT2D eigenvalue weighted by Crippen LogP contribution is 2.16. The average Bonchev–Trinajstić information content (AvgIpc) is 2.57. The van der Waals surface area contributed by atoms with Gasteiger partial charge in [-0.15, -0.1) is 0 Å². The van der Waals surface area contributed by atoms with Crippen LogP contribution >= 0.6 is 11.6 Å². The third-order valence-electron chi connectivity index (χ3n) is 3.57. The molecule has 0 aliphatic carbocycles. The Bertz CT molecular complexity index is 940. The molecule has 2 aromatic carbocycles. The van der Waals surface area contributed by atoms with E-state index in [1.165, 1.54) is 18.2 Å². The third-order valence-corrected chi connectivity index (χ3v) is 4.92. The molecule has 0 bridgehead atoms. The molecule has 6 nitrogen and oxygen atoms in total. The molecule has 1 amide bonds. The molecule has 0 unspecified atom stereocenters. The molecule has 0 spiro atoms. The number of sulfone groups is 1. The summed E-state index contributed by atoms with van der Waals surface area (Å²) in [7, 11) is -3.45. The number of hydrogen-bond donors (Lipinski definition) is 1. The van der Waals surface area contributed by atoms with Crippen molar-refractivity contribution in [3.8, 4) is 0 Å². The van der Waals surface area contributed by atoms with E-state index in [2.05, 4.69) is 5.32 Å². The van der Waals surface area contributed by atoms with E-state index in [4.69, 9.17) is 16.3 Å². The molecule has 0 saturated carbocycles. The van der Waals surface area contributed by atoms with Gasteiger partial charge in [0.2, 0.25) is 0 Å². The highest BCUT2D eigenvalue weighted by Gasteiger charge is 2.16. The summed E-state index contributed by atoms with van der Waals surface area (Å²) in [6.45, 7) is 1.43. The summed E-state index contributed by atoms with van der Waals surface area (Å²) in [5.74, 6) is -1.24. The Morgan fingerprint density at radius 3 is 2.54 bits per heavy atom. The van der Waals surface area contributed by atoms with Crippen LogP contribution in [0.3, 0.4) is 0 Å². The zero-order valence-electron chi connectivity index (χ0n) is 14.3.